The maximum atomic E-state index is 4.44. The highest BCUT2D eigenvalue weighted by Crippen LogP contribution is 2.20. The Kier molecular flexibility index (Phi) is 5.09. The molecule has 0 unspecified atom stereocenters. The van der Waals surface area contributed by atoms with Gasteiger partial charge in [0.25, 0.3) is 0 Å². The number of hydrogen-bond acceptors (Lipinski definition) is 5. The summed E-state index contributed by atoms with van der Waals surface area (Å²) < 4.78 is 0. The zero-order valence-electron chi connectivity index (χ0n) is 13.1. The molecular weight excluding hydrogens is 262 g/mol. The fraction of sp³-hybridized carbons (Fsp3) is 0.438. The minimum Gasteiger partial charge on any atom is -0.353 e. The first kappa shape index (κ1) is 15.2. The summed E-state index contributed by atoms with van der Waals surface area (Å²) in [5, 5.41) is 14.5. The highest BCUT2D eigenvalue weighted by atomic mass is 15.3. The third-order valence-electron chi connectivity index (χ3n) is 3.22. The first-order valence-electron chi connectivity index (χ1n) is 7.32. The van der Waals surface area contributed by atoms with Crippen LogP contribution in [0.3, 0.4) is 0 Å². The van der Waals surface area contributed by atoms with E-state index >= 15 is 0 Å². The van der Waals surface area contributed by atoms with Gasteiger partial charge in [0.15, 0.2) is 5.82 Å². The maximum Gasteiger partial charge on any atom is 0.244 e. The van der Waals surface area contributed by atoms with Crippen molar-refractivity contribution in [3.8, 4) is 0 Å². The molecule has 0 saturated carbocycles. The molecule has 0 spiro atoms. The number of hydrogen-bond donors (Lipinski definition) is 2. The van der Waals surface area contributed by atoms with Gasteiger partial charge in [-0.1, -0.05) is 26.0 Å². The van der Waals surface area contributed by atoms with Crippen LogP contribution < -0.4 is 10.6 Å². The largest absolute Gasteiger partial charge is 0.353 e. The fourth-order valence-corrected chi connectivity index (χ4v) is 1.92. The van der Waals surface area contributed by atoms with Gasteiger partial charge in [0.05, 0.1) is 6.20 Å². The van der Waals surface area contributed by atoms with Crippen molar-refractivity contribution in [1.82, 2.24) is 15.2 Å². The van der Waals surface area contributed by atoms with Gasteiger partial charge in [-0.05, 0) is 43.4 Å². The summed E-state index contributed by atoms with van der Waals surface area (Å²) in [5.41, 5.74) is 3.43. The van der Waals surface area contributed by atoms with Gasteiger partial charge in [-0.3, -0.25) is 0 Å². The van der Waals surface area contributed by atoms with Crippen molar-refractivity contribution >= 4 is 17.5 Å². The summed E-state index contributed by atoms with van der Waals surface area (Å²) in [6.45, 7) is 9.38. The van der Waals surface area contributed by atoms with Crippen molar-refractivity contribution in [2.75, 3.05) is 17.2 Å². The van der Waals surface area contributed by atoms with Crippen molar-refractivity contribution in [1.29, 1.82) is 0 Å². The number of aromatic nitrogens is 3. The normalized spacial score (nSPS) is 10.7. The molecule has 2 rings (SSSR count). The van der Waals surface area contributed by atoms with Crippen molar-refractivity contribution < 1.29 is 0 Å². The summed E-state index contributed by atoms with van der Waals surface area (Å²) in [4.78, 5) is 4.44. The third-order valence-corrected chi connectivity index (χ3v) is 3.22. The summed E-state index contributed by atoms with van der Waals surface area (Å²) in [5.74, 6) is 1.92. The van der Waals surface area contributed by atoms with E-state index in [2.05, 4.69) is 71.7 Å². The predicted octanol–water partition coefficient (Wildman–Crippen LogP) is 3.69. The SMILES string of the molecule is Cc1ccc(C)c(Nc2cnnc(NCCC(C)C)n2)c1. The highest BCUT2D eigenvalue weighted by molar-refractivity contribution is 5.61. The van der Waals surface area contributed by atoms with Crippen LogP contribution in [0.1, 0.15) is 31.4 Å². The Morgan fingerprint density at radius 2 is 2.00 bits per heavy atom. The van der Waals surface area contributed by atoms with Crippen LogP contribution in [0.5, 0.6) is 0 Å². The number of rotatable bonds is 6. The van der Waals surface area contributed by atoms with Crippen LogP contribution in [-0.4, -0.2) is 21.7 Å². The molecule has 5 nitrogen and oxygen atoms in total. The van der Waals surface area contributed by atoms with Gasteiger partial charge in [-0.15, -0.1) is 5.10 Å². The summed E-state index contributed by atoms with van der Waals surface area (Å²) in [6, 6.07) is 6.29. The Morgan fingerprint density at radius 1 is 1.19 bits per heavy atom. The monoisotopic (exact) mass is 285 g/mol. The van der Waals surface area contributed by atoms with Gasteiger partial charge in [-0.25, -0.2) is 0 Å². The summed E-state index contributed by atoms with van der Waals surface area (Å²) in [6.07, 6.45) is 2.72. The number of nitrogens with zero attached hydrogens (tertiary/aromatic N) is 3. The molecular formula is C16H23N5. The van der Waals surface area contributed by atoms with E-state index in [1.54, 1.807) is 6.20 Å². The van der Waals surface area contributed by atoms with Gasteiger partial charge >= 0.3 is 0 Å². The number of anilines is 3. The van der Waals surface area contributed by atoms with Gasteiger partial charge in [-0.2, -0.15) is 10.1 Å². The van der Waals surface area contributed by atoms with Gasteiger partial charge < -0.3 is 10.6 Å². The molecule has 21 heavy (non-hydrogen) atoms. The molecule has 0 aliphatic carbocycles. The maximum absolute atomic E-state index is 4.44. The molecule has 0 aliphatic heterocycles. The van der Waals surface area contributed by atoms with Gasteiger partial charge in [0, 0.05) is 12.2 Å². The van der Waals surface area contributed by atoms with E-state index < -0.39 is 0 Å². The topological polar surface area (TPSA) is 62.7 Å². The Balaban J connectivity index is 2.05. The van der Waals surface area contributed by atoms with Crippen LogP contribution in [0.2, 0.25) is 0 Å². The zero-order valence-corrected chi connectivity index (χ0v) is 13.1. The lowest BCUT2D eigenvalue weighted by molar-refractivity contribution is 0.605. The standard InChI is InChI=1S/C16H23N5/c1-11(2)7-8-17-16-20-15(10-18-21-16)19-14-9-12(3)5-6-13(14)4/h5-6,9-11H,7-8H2,1-4H3,(H2,17,19,20,21). The zero-order chi connectivity index (χ0) is 15.2. The quantitative estimate of drug-likeness (QED) is 0.847. The molecule has 0 atom stereocenters. The van der Waals surface area contributed by atoms with E-state index in [0.717, 1.165) is 18.7 Å². The Labute approximate surface area is 126 Å². The highest BCUT2D eigenvalue weighted by Gasteiger charge is 2.04. The van der Waals surface area contributed by atoms with Crippen LogP contribution in [0.25, 0.3) is 0 Å². The van der Waals surface area contributed by atoms with Crippen molar-refractivity contribution in [3.05, 3.63) is 35.5 Å². The first-order chi connectivity index (χ1) is 10.0. The van der Waals surface area contributed by atoms with Crippen molar-refractivity contribution in [2.24, 2.45) is 5.92 Å². The molecule has 0 fully saturated rings. The molecule has 0 radical (unpaired) electrons. The molecule has 112 valence electrons. The van der Waals surface area contributed by atoms with E-state index in [9.17, 15) is 0 Å². The van der Waals surface area contributed by atoms with E-state index in [4.69, 9.17) is 0 Å². The fourth-order valence-electron chi connectivity index (χ4n) is 1.92. The average molecular weight is 285 g/mol. The van der Waals surface area contributed by atoms with Gasteiger partial charge in [0.2, 0.25) is 5.95 Å². The molecule has 2 aromatic rings. The Bertz CT molecular complexity index is 595. The lowest BCUT2D eigenvalue weighted by Crippen LogP contribution is -2.09. The van der Waals surface area contributed by atoms with Crippen molar-refractivity contribution in [2.45, 2.75) is 34.1 Å². The number of nitrogens with one attached hydrogen (secondary N) is 2. The third kappa shape index (κ3) is 4.70. The minimum absolute atomic E-state index is 0.561. The second-order valence-electron chi connectivity index (χ2n) is 5.72. The first-order valence-corrected chi connectivity index (χ1v) is 7.32. The molecule has 5 heteroatoms. The van der Waals surface area contributed by atoms with Crippen molar-refractivity contribution in [3.63, 3.8) is 0 Å². The Hall–Kier alpha value is -2.17. The van der Waals surface area contributed by atoms with Crippen LogP contribution in [0.15, 0.2) is 24.4 Å². The van der Waals surface area contributed by atoms with Gasteiger partial charge in [0.1, 0.15) is 0 Å². The smallest absolute Gasteiger partial charge is 0.244 e. The van der Waals surface area contributed by atoms with E-state index in [1.165, 1.54) is 11.1 Å². The number of benzene rings is 1. The number of aryl methyl sites for hydroxylation is 2. The predicted molar refractivity (Wildman–Crippen MR) is 87.0 cm³/mol. The van der Waals surface area contributed by atoms with Crippen LogP contribution in [-0.2, 0) is 0 Å². The van der Waals surface area contributed by atoms with Crippen LogP contribution >= 0.6 is 0 Å². The molecule has 1 aromatic carbocycles. The molecule has 0 bridgehead atoms. The second kappa shape index (κ2) is 7.02. The van der Waals surface area contributed by atoms with E-state index in [0.29, 0.717) is 17.7 Å². The lowest BCUT2D eigenvalue weighted by Gasteiger charge is -2.11. The molecule has 0 amide bonds. The van der Waals surface area contributed by atoms with E-state index in [1.807, 2.05) is 0 Å². The van der Waals surface area contributed by atoms with Crippen LogP contribution in [0, 0.1) is 19.8 Å². The molecule has 1 heterocycles. The van der Waals surface area contributed by atoms with Crippen LogP contribution in [0.4, 0.5) is 17.5 Å². The molecule has 1 aromatic heterocycles. The lowest BCUT2D eigenvalue weighted by atomic mass is 10.1. The summed E-state index contributed by atoms with van der Waals surface area (Å²) >= 11 is 0. The Morgan fingerprint density at radius 3 is 2.76 bits per heavy atom. The second-order valence-corrected chi connectivity index (χ2v) is 5.72. The summed E-state index contributed by atoms with van der Waals surface area (Å²) in [7, 11) is 0. The molecule has 0 aliphatic rings. The minimum atomic E-state index is 0.561. The molecule has 0 saturated heterocycles. The molecule has 2 N–H and O–H groups in total. The van der Waals surface area contributed by atoms with E-state index in [-0.39, 0.29) is 0 Å². The average Bonchev–Trinajstić information content (AvgIpc) is 2.43.